The Balaban J connectivity index is 1.45. The quantitative estimate of drug-likeness (QED) is 0.495. The Morgan fingerprint density at radius 2 is 1.89 bits per heavy atom. The second-order valence-electron chi connectivity index (χ2n) is 10.5. The maximum Gasteiger partial charge on any atom is 0.320 e. The van der Waals surface area contributed by atoms with Crippen molar-refractivity contribution in [2.75, 3.05) is 62.8 Å². The predicted molar refractivity (Wildman–Crippen MR) is 142 cm³/mol. The molecule has 38 heavy (non-hydrogen) atoms. The van der Waals surface area contributed by atoms with E-state index in [-0.39, 0.29) is 24.7 Å². The lowest BCUT2D eigenvalue weighted by atomic mass is 9.82. The van der Waals surface area contributed by atoms with Crippen LogP contribution in [0.3, 0.4) is 0 Å². The molecule has 11 heteroatoms. The number of likely N-dealkylation sites (tertiary alicyclic amines) is 1. The molecule has 3 aliphatic heterocycles. The van der Waals surface area contributed by atoms with Crippen molar-refractivity contribution in [1.82, 2.24) is 14.9 Å². The number of anilines is 3. The monoisotopic (exact) mass is 530 g/mol. The summed E-state index contributed by atoms with van der Waals surface area (Å²) < 4.78 is 47.5. The minimum absolute atomic E-state index is 0.0844. The molecule has 1 aromatic carbocycles. The molecule has 0 aliphatic carbocycles. The van der Waals surface area contributed by atoms with Crippen LogP contribution >= 0.6 is 0 Å². The van der Waals surface area contributed by atoms with Crippen molar-refractivity contribution in [2.24, 2.45) is 0 Å². The highest BCUT2D eigenvalue weighted by atomic mass is 19.3. The fourth-order valence-electron chi connectivity index (χ4n) is 5.28. The fourth-order valence-corrected chi connectivity index (χ4v) is 5.28. The molecule has 0 saturated carbocycles. The van der Waals surface area contributed by atoms with E-state index in [9.17, 15) is 0 Å². The molecule has 3 fully saturated rings. The van der Waals surface area contributed by atoms with Gasteiger partial charge < -0.3 is 29.8 Å². The second-order valence-corrected chi connectivity index (χ2v) is 10.5. The van der Waals surface area contributed by atoms with Crippen LogP contribution in [-0.2, 0) is 9.47 Å². The molecular weight excluding hydrogens is 494 g/mol. The van der Waals surface area contributed by atoms with Gasteiger partial charge in [0.2, 0.25) is 0 Å². The van der Waals surface area contributed by atoms with Crippen molar-refractivity contribution < 1.29 is 23.0 Å². The Morgan fingerprint density at radius 3 is 2.53 bits per heavy atom. The van der Waals surface area contributed by atoms with Crippen molar-refractivity contribution >= 4 is 23.5 Å². The molecule has 1 aromatic heterocycles. The van der Waals surface area contributed by atoms with Gasteiger partial charge in [0.1, 0.15) is 11.6 Å². The van der Waals surface area contributed by atoms with Gasteiger partial charge in [0.15, 0.2) is 0 Å². The number of alkyl halides is 2. The van der Waals surface area contributed by atoms with Crippen LogP contribution < -0.4 is 15.0 Å². The van der Waals surface area contributed by atoms with Gasteiger partial charge in [0.25, 0.3) is 5.92 Å². The number of piperidine rings is 1. The molecule has 1 atom stereocenters. The van der Waals surface area contributed by atoms with E-state index in [0.717, 1.165) is 5.56 Å². The van der Waals surface area contributed by atoms with Crippen LogP contribution in [0.1, 0.15) is 42.9 Å². The molecule has 3 aliphatic rings. The lowest BCUT2D eigenvalue weighted by Gasteiger charge is -2.45. The standard InChI is InChI=1S/C27H36F2N6O3/c1-17(2)38-26-32-24(12-25(33-26)34-6-8-36-9-7-34)31-23-11-21(18(3)10-19(23)13-30)22-4-5-35(16-27(22,28)29)20-14-37-15-20/h10-13,17,20,22,30H,4-9,14-16H2,1-3H3,(H,31,32,33). The molecule has 0 spiro atoms. The largest absolute Gasteiger partial charge is 0.461 e. The van der Waals surface area contributed by atoms with Gasteiger partial charge in [0.05, 0.1) is 51.0 Å². The van der Waals surface area contributed by atoms with Crippen LogP contribution in [-0.4, -0.2) is 91.8 Å². The molecule has 0 amide bonds. The highest BCUT2D eigenvalue weighted by Crippen LogP contribution is 2.43. The number of rotatable bonds is 8. The average molecular weight is 531 g/mol. The number of aryl methyl sites for hydroxylation is 1. The maximum absolute atomic E-state index is 15.5. The molecule has 9 nitrogen and oxygen atoms in total. The molecule has 0 radical (unpaired) electrons. The van der Waals surface area contributed by atoms with E-state index in [0.29, 0.717) is 80.9 Å². The van der Waals surface area contributed by atoms with Gasteiger partial charge in [0, 0.05) is 36.6 Å². The van der Waals surface area contributed by atoms with Crippen LogP contribution in [0.5, 0.6) is 6.01 Å². The summed E-state index contributed by atoms with van der Waals surface area (Å²) in [5.74, 6) is -2.61. The van der Waals surface area contributed by atoms with Gasteiger partial charge in [-0.25, -0.2) is 8.78 Å². The van der Waals surface area contributed by atoms with Crippen molar-refractivity contribution in [1.29, 1.82) is 5.41 Å². The first-order valence-electron chi connectivity index (χ1n) is 13.2. The topological polar surface area (TPSA) is 95.8 Å². The molecule has 1 unspecified atom stereocenters. The third kappa shape index (κ3) is 5.74. The molecule has 2 N–H and O–H groups in total. The molecular formula is C27H36F2N6O3. The number of hydrogen-bond acceptors (Lipinski definition) is 9. The smallest absolute Gasteiger partial charge is 0.320 e. The van der Waals surface area contributed by atoms with Gasteiger partial charge in [-0.1, -0.05) is 0 Å². The van der Waals surface area contributed by atoms with E-state index < -0.39 is 11.8 Å². The van der Waals surface area contributed by atoms with E-state index in [2.05, 4.69) is 20.2 Å². The summed E-state index contributed by atoms with van der Waals surface area (Å²) >= 11 is 0. The summed E-state index contributed by atoms with van der Waals surface area (Å²) in [6.07, 6.45) is 1.46. The minimum atomic E-state index is -2.88. The summed E-state index contributed by atoms with van der Waals surface area (Å²) in [7, 11) is 0. The normalized spacial score (nSPS) is 22.3. The zero-order valence-electron chi connectivity index (χ0n) is 22.2. The van der Waals surface area contributed by atoms with E-state index in [4.69, 9.17) is 19.6 Å². The predicted octanol–water partition coefficient (Wildman–Crippen LogP) is 3.97. The summed E-state index contributed by atoms with van der Waals surface area (Å²) in [4.78, 5) is 13.1. The van der Waals surface area contributed by atoms with Crippen LogP contribution in [0, 0.1) is 12.3 Å². The first-order chi connectivity index (χ1) is 18.2. The van der Waals surface area contributed by atoms with Gasteiger partial charge >= 0.3 is 6.01 Å². The molecule has 2 aromatic rings. The molecule has 0 bridgehead atoms. The van der Waals surface area contributed by atoms with Crippen LogP contribution in [0.2, 0.25) is 0 Å². The second kappa shape index (κ2) is 11.1. The highest BCUT2D eigenvalue weighted by Gasteiger charge is 2.48. The van der Waals surface area contributed by atoms with E-state index >= 15 is 8.78 Å². The Hall–Kier alpha value is -2.89. The fraction of sp³-hybridized carbons (Fsp3) is 0.593. The van der Waals surface area contributed by atoms with E-state index in [1.54, 1.807) is 12.1 Å². The molecule has 4 heterocycles. The summed E-state index contributed by atoms with van der Waals surface area (Å²) in [5.41, 5.74) is 2.48. The van der Waals surface area contributed by atoms with Gasteiger partial charge in [-0.05, 0) is 57.0 Å². The van der Waals surface area contributed by atoms with E-state index in [1.165, 1.54) is 6.21 Å². The Kier molecular flexibility index (Phi) is 7.78. The average Bonchev–Trinajstić information content (AvgIpc) is 2.84. The Labute approximate surface area is 222 Å². The lowest BCUT2D eigenvalue weighted by molar-refractivity contribution is -0.136. The SMILES string of the molecule is Cc1cc(C=N)c(Nc2cc(N3CCOCC3)nc(OC(C)C)n2)cc1C1CCN(C2COC2)CC1(F)F. The van der Waals surface area contributed by atoms with Gasteiger partial charge in [-0.2, -0.15) is 9.97 Å². The number of nitrogens with one attached hydrogen (secondary N) is 2. The van der Waals surface area contributed by atoms with E-state index in [1.807, 2.05) is 31.7 Å². The number of hydrogen-bond donors (Lipinski definition) is 2. The number of halogens is 2. The summed E-state index contributed by atoms with van der Waals surface area (Å²) in [6.45, 7) is 9.62. The summed E-state index contributed by atoms with van der Waals surface area (Å²) in [6, 6.07) is 5.69. The first kappa shape index (κ1) is 26.7. The zero-order valence-corrected chi connectivity index (χ0v) is 22.2. The number of ether oxygens (including phenoxy) is 3. The first-order valence-corrected chi connectivity index (χ1v) is 13.2. The van der Waals surface area contributed by atoms with Crippen molar-refractivity contribution in [3.63, 3.8) is 0 Å². The van der Waals surface area contributed by atoms with Gasteiger partial charge in [-0.3, -0.25) is 4.90 Å². The van der Waals surface area contributed by atoms with Crippen LogP contribution in [0.4, 0.5) is 26.1 Å². The van der Waals surface area contributed by atoms with Crippen molar-refractivity contribution in [3.05, 3.63) is 34.9 Å². The van der Waals surface area contributed by atoms with Gasteiger partial charge in [-0.15, -0.1) is 0 Å². The van der Waals surface area contributed by atoms with Crippen LogP contribution in [0.15, 0.2) is 18.2 Å². The molecule has 3 saturated heterocycles. The Morgan fingerprint density at radius 1 is 1.13 bits per heavy atom. The number of morpholine rings is 1. The third-order valence-corrected chi connectivity index (χ3v) is 7.37. The zero-order chi connectivity index (χ0) is 26.9. The number of aromatic nitrogens is 2. The minimum Gasteiger partial charge on any atom is -0.461 e. The Bertz CT molecular complexity index is 1150. The number of nitrogens with zero attached hydrogens (tertiary/aromatic N) is 4. The lowest BCUT2D eigenvalue weighted by Crippen LogP contribution is -2.57. The maximum atomic E-state index is 15.5. The third-order valence-electron chi connectivity index (χ3n) is 7.37. The van der Waals surface area contributed by atoms with Crippen molar-refractivity contribution in [2.45, 2.75) is 51.2 Å². The highest BCUT2D eigenvalue weighted by molar-refractivity contribution is 5.88. The molecule has 5 rings (SSSR count). The summed E-state index contributed by atoms with van der Waals surface area (Å²) in [5, 5.41) is 11.3. The number of benzene rings is 1. The van der Waals surface area contributed by atoms with Crippen LogP contribution in [0.25, 0.3) is 0 Å². The van der Waals surface area contributed by atoms with Crippen molar-refractivity contribution in [3.8, 4) is 6.01 Å². The molecule has 206 valence electrons.